The summed E-state index contributed by atoms with van der Waals surface area (Å²) in [7, 11) is 1.57. The number of methoxy groups -OCH3 is 1. The average molecular weight is 446 g/mol. The lowest BCUT2D eigenvalue weighted by molar-refractivity contribution is 0.415. The summed E-state index contributed by atoms with van der Waals surface area (Å²) in [4.78, 5) is 10.2. The van der Waals surface area contributed by atoms with Crippen LogP contribution >= 0.6 is 34.7 Å². The van der Waals surface area contributed by atoms with Crippen LogP contribution in [0.2, 0.25) is 5.02 Å². The zero-order valence-corrected chi connectivity index (χ0v) is 18.1. The summed E-state index contributed by atoms with van der Waals surface area (Å²) in [6.45, 7) is 2.04. The molecule has 0 N–H and O–H groups in total. The Morgan fingerprint density at radius 1 is 1.14 bits per heavy atom. The second-order valence-corrected chi connectivity index (χ2v) is 8.93. The van der Waals surface area contributed by atoms with E-state index in [0.29, 0.717) is 22.1 Å². The Kier molecular flexibility index (Phi) is 5.89. The fourth-order valence-electron chi connectivity index (χ4n) is 2.94. The molecular formula is C21H17ClFN3OS2. The molecule has 0 unspecified atom stereocenters. The van der Waals surface area contributed by atoms with Crippen LogP contribution in [-0.2, 0) is 5.75 Å². The SMILES string of the molecule is COc1ccc(F)cc1-c1cnc(SCc2ncc(C)s2)n1-c1ccc(Cl)cc1. The molecule has 2 heterocycles. The molecule has 0 saturated heterocycles. The molecule has 0 bridgehead atoms. The number of thiazole rings is 1. The van der Waals surface area contributed by atoms with Crippen LogP contribution in [-0.4, -0.2) is 21.6 Å². The van der Waals surface area contributed by atoms with Gasteiger partial charge in [0.1, 0.15) is 16.6 Å². The maximum absolute atomic E-state index is 14.0. The third-order valence-electron chi connectivity index (χ3n) is 4.25. The van der Waals surface area contributed by atoms with Crippen molar-refractivity contribution in [3.8, 4) is 22.7 Å². The van der Waals surface area contributed by atoms with Gasteiger partial charge in [-0.15, -0.1) is 11.3 Å². The van der Waals surface area contributed by atoms with E-state index in [1.807, 2.05) is 42.0 Å². The van der Waals surface area contributed by atoms with Crippen LogP contribution in [0.25, 0.3) is 16.9 Å². The van der Waals surface area contributed by atoms with E-state index in [0.717, 1.165) is 21.5 Å². The largest absolute Gasteiger partial charge is 0.496 e. The molecular weight excluding hydrogens is 429 g/mol. The second-order valence-electron chi connectivity index (χ2n) is 6.24. The Morgan fingerprint density at radius 2 is 1.93 bits per heavy atom. The van der Waals surface area contributed by atoms with E-state index < -0.39 is 0 Å². The number of rotatable bonds is 6. The zero-order valence-electron chi connectivity index (χ0n) is 15.7. The van der Waals surface area contributed by atoms with E-state index in [1.54, 1.807) is 42.5 Å². The van der Waals surface area contributed by atoms with Gasteiger partial charge < -0.3 is 4.74 Å². The highest BCUT2D eigenvalue weighted by Crippen LogP contribution is 2.36. The minimum Gasteiger partial charge on any atom is -0.496 e. The third kappa shape index (κ3) is 4.32. The van der Waals surface area contributed by atoms with Gasteiger partial charge in [0.25, 0.3) is 0 Å². The van der Waals surface area contributed by atoms with Crippen LogP contribution in [0.3, 0.4) is 0 Å². The molecule has 0 fully saturated rings. The molecule has 148 valence electrons. The summed E-state index contributed by atoms with van der Waals surface area (Å²) >= 11 is 9.32. The third-order valence-corrected chi connectivity index (χ3v) is 6.56. The highest BCUT2D eigenvalue weighted by molar-refractivity contribution is 7.98. The fraction of sp³-hybridized carbons (Fsp3) is 0.143. The molecule has 2 aromatic carbocycles. The zero-order chi connectivity index (χ0) is 20.4. The fourth-order valence-corrected chi connectivity index (χ4v) is 4.85. The first-order valence-electron chi connectivity index (χ1n) is 8.77. The molecule has 0 radical (unpaired) electrons. The van der Waals surface area contributed by atoms with E-state index in [-0.39, 0.29) is 5.82 Å². The summed E-state index contributed by atoms with van der Waals surface area (Å²) in [5, 5.41) is 2.45. The summed E-state index contributed by atoms with van der Waals surface area (Å²) in [6, 6.07) is 11.9. The topological polar surface area (TPSA) is 39.9 Å². The van der Waals surface area contributed by atoms with Gasteiger partial charge in [-0.05, 0) is 49.4 Å². The van der Waals surface area contributed by atoms with E-state index in [2.05, 4.69) is 9.97 Å². The number of imidazole rings is 1. The Morgan fingerprint density at radius 3 is 2.62 bits per heavy atom. The van der Waals surface area contributed by atoms with Crippen LogP contribution < -0.4 is 4.74 Å². The number of hydrogen-bond acceptors (Lipinski definition) is 5. The van der Waals surface area contributed by atoms with Crippen molar-refractivity contribution in [2.24, 2.45) is 0 Å². The molecule has 0 saturated carbocycles. The molecule has 0 aliphatic carbocycles. The van der Waals surface area contributed by atoms with Gasteiger partial charge in [0.2, 0.25) is 0 Å². The second kappa shape index (κ2) is 8.57. The monoisotopic (exact) mass is 445 g/mol. The number of nitrogens with zero attached hydrogens (tertiary/aromatic N) is 3. The number of ether oxygens (including phenoxy) is 1. The normalized spacial score (nSPS) is 11.0. The van der Waals surface area contributed by atoms with Crippen molar-refractivity contribution < 1.29 is 9.13 Å². The molecule has 0 spiro atoms. The quantitative estimate of drug-likeness (QED) is 0.322. The van der Waals surface area contributed by atoms with Crippen LogP contribution in [0.4, 0.5) is 4.39 Å². The summed E-state index contributed by atoms with van der Waals surface area (Å²) in [5.41, 5.74) is 2.25. The highest BCUT2D eigenvalue weighted by atomic mass is 35.5. The van der Waals surface area contributed by atoms with Crippen molar-refractivity contribution >= 4 is 34.7 Å². The van der Waals surface area contributed by atoms with Crippen molar-refractivity contribution in [3.05, 3.63) is 75.6 Å². The van der Waals surface area contributed by atoms with Gasteiger partial charge >= 0.3 is 0 Å². The van der Waals surface area contributed by atoms with E-state index in [1.165, 1.54) is 17.0 Å². The van der Waals surface area contributed by atoms with Crippen LogP contribution in [0, 0.1) is 12.7 Å². The lowest BCUT2D eigenvalue weighted by Crippen LogP contribution is -2.00. The molecule has 2 aromatic heterocycles. The Balaban J connectivity index is 1.80. The van der Waals surface area contributed by atoms with Gasteiger partial charge in [-0.25, -0.2) is 14.4 Å². The molecule has 8 heteroatoms. The van der Waals surface area contributed by atoms with Crippen molar-refractivity contribution in [2.75, 3.05) is 7.11 Å². The molecule has 0 atom stereocenters. The molecule has 4 aromatic rings. The average Bonchev–Trinajstić information content (AvgIpc) is 3.33. The minimum atomic E-state index is -0.336. The Hall–Kier alpha value is -2.35. The first-order chi connectivity index (χ1) is 14.0. The maximum Gasteiger partial charge on any atom is 0.173 e. The van der Waals surface area contributed by atoms with Gasteiger partial charge in [-0.3, -0.25) is 4.57 Å². The molecule has 4 rings (SSSR count). The predicted molar refractivity (Wildman–Crippen MR) is 117 cm³/mol. The van der Waals surface area contributed by atoms with Crippen molar-refractivity contribution in [1.29, 1.82) is 0 Å². The predicted octanol–water partition coefficient (Wildman–Crippen LogP) is 6.40. The van der Waals surface area contributed by atoms with Crippen LogP contribution in [0.1, 0.15) is 9.88 Å². The van der Waals surface area contributed by atoms with Crippen LogP contribution in [0.5, 0.6) is 5.75 Å². The summed E-state index contributed by atoms with van der Waals surface area (Å²) in [6.07, 6.45) is 3.61. The van der Waals surface area contributed by atoms with Gasteiger partial charge in [-0.2, -0.15) is 0 Å². The van der Waals surface area contributed by atoms with E-state index in [4.69, 9.17) is 16.3 Å². The first-order valence-corrected chi connectivity index (χ1v) is 10.9. The van der Waals surface area contributed by atoms with Gasteiger partial charge in [-0.1, -0.05) is 23.4 Å². The summed E-state index contributed by atoms with van der Waals surface area (Å²) in [5.74, 6) is 0.939. The lowest BCUT2D eigenvalue weighted by Gasteiger charge is -2.14. The number of thioether (sulfide) groups is 1. The number of hydrogen-bond donors (Lipinski definition) is 0. The number of halogens is 2. The molecule has 4 nitrogen and oxygen atoms in total. The van der Waals surface area contributed by atoms with Crippen LogP contribution in [0.15, 0.2) is 60.0 Å². The standard InChI is InChI=1S/C21H17ClFN3OS2/c1-13-10-24-20(29-13)12-28-21-25-11-18(17-9-15(23)5-8-19(17)27-2)26(21)16-6-3-14(22)4-7-16/h3-11H,12H2,1-2H3. The Labute approximate surface area is 181 Å². The molecule has 0 aliphatic rings. The molecule has 29 heavy (non-hydrogen) atoms. The minimum absolute atomic E-state index is 0.336. The summed E-state index contributed by atoms with van der Waals surface area (Å²) < 4.78 is 21.5. The van der Waals surface area contributed by atoms with E-state index >= 15 is 0 Å². The smallest absolute Gasteiger partial charge is 0.173 e. The van der Waals surface area contributed by atoms with Gasteiger partial charge in [0.05, 0.1) is 24.8 Å². The van der Waals surface area contributed by atoms with Crippen molar-refractivity contribution in [3.63, 3.8) is 0 Å². The van der Waals surface area contributed by atoms with Crippen molar-refractivity contribution in [2.45, 2.75) is 17.8 Å². The number of benzene rings is 2. The highest BCUT2D eigenvalue weighted by Gasteiger charge is 2.18. The maximum atomic E-state index is 14.0. The van der Waals surface area contributed by atoms with Crippen molar-refractivity contribution in [1.82, 2.24) is 14.5 Å². The number of aromatic nitrogens is 3. The van der Waals surface area contributed by atoms with E-state index in [9.17, 15) is 4.39 Å². The van der Waals surface area contributed by atoms with Gasteiger partial charge in [0, 0.05) is 27.3 Å². The Bertz CT molecular complexity index is 1140. The van der Waals surface area contributed by atoms with Gasteiger partial charge in [0.15, 0.2) is 5.16 Å². The molecule has 0 amide bonds. The molecule has 0 aliphatic heterocycles. The number of aryl methyl sites for hydroxylation is 1. The first kappa shape index (κ1) is 19.9. The lowest BCUT2D eigenvalue weighted by atomic mass is 10.1.